The number of benzene rings is 1. The van der Waals surface area contributed by atoms with Gasteiger partial charge in [0.05, 0.1) is 24.6 Å². The van der Waals surface area contributed by atoms with Crippen LogP contribution in [0.1, 0.15) is 31.9 Å². The molecule has 5 nitrogen and oxygen atoms in total. The van der Waals surface area contributed by atoms with Crippen LogP contribution in [0.25, 0.3) is 11.1 Å². The molecule has 1 heterocycles. The molecule has 2 rings (SSSR count). The Kier molecular flexibility index (Phi) is 7.24. The third kappa shape index (κ3) is 5.86. The van der Waals surface area contributed by atoms with Gasteiger partial charge in [-0.2, -0.15) is 18.4 Å². The van der Waals surface area contributed by atoms with Gasteiger partial charge in [-0.1, -0.05) is 38.1 Å². The average molecular weight is 393 g/mol. The molecule has 0 spiro atoms. The SMILES string of the molecule is CC(C)C[C@H](N[C@@H](c1ccc(-c2ccoc2)cc1)C(F)(F)F)C(=O)NCC#N. The number of nitrogens with one attached hydrogen (secondary N) is 2. The number of carbonyl (C=O) groups excluding carboxylic acids is 1. The molecule has 0 aliphatic carbocycles. The van der Waals surface area contributed by atoms with Crippen LogP contribution in [0.15, 0.2) is 47.3 Å². The number of furan rings is 1. The van der Waals surface area contributed by atoms with Crippen molar-refractivity contribution in [3.05, 3.63) is 48.4 Å². The van der Waals surface area contributed by atoms with E-state index in [2.05, 4.69) is 10.6 Å². The Balaban J connectivity index is 2.26. The third-order valence-electron chi connectivity index (χ3n) is 4.16. The van der Waals surface area contributed by atoms with Crippen molar-refractivity contribution < 1.29 is 22.4 Å². The van der Waals surface area contributed by atoms with Crippen molar-refractivity contribution in [1.29, 1.82) is 5.26 Å². The van der Waals surface area contributed by atoms with E-state index in [1.165, 1.54) is 24.7 Å². The van der Waals surface area contributed by atoms with Crippen molar-refractivity contribution in [1.82, 2.24) is 10.6 Å². The van der Waals surface area contributed by atoms with E-state index in [-0.39, 0.29) is 24.4 Å². The number of hydrogen-bond acceptors (Lipinski definition) is 4. The van der Waals surface area contributed by atoms with Crippen molar-refractivity contribution in [3.63, 3.8) is 0 Å². The summed E-state index contributed by atoms with van der Waals surface area (Å²) in [5.41, 5.74) is 1.49. The average Bonchev–Trinajstić information content (AvgIpc) is 3.16. The number of amides is 1. The van der Waals surface area contributed by atoms with Gasteiger partial charge < -0.3 is 9.73 Å². The normalized spacial score (nSPS) is 13.8. The van der Waals surface area contributed by atoms with Gasteiger partial charge in [0.1, 0.15) is 12.6 Å². The first-order valence-electron chi connectivity index (χ1n) is 8.82. The highest BCUT2D eigenvalue weighted by atomic mass is 19.4. The number of carbonyl (C=O) groups is 1. The predicted molar refractivity (Wildman–Crippen MR) is 97.9 cm³/mol. The molecule has 0 saturated heterocycles. The Morgan fingerprint density at radius 1 is 1.18 bits per heavy atom. The van der Waals surface area contributed by atoms with Crippen LogP contribution >= 0.6 is 0 Å². The highest BCUT2D eigenvalue weighted by molar-refractivity contribution is 5.82. The van der Waals surface area contributed by atoms with E-state index in [4.69, 9.17) is 9.68 Å². The van der Waals surface area contributed by atoms with E-state index in [1.54, 1.807) is 24.3 Å². The monoisotopic (exact) mass is 393 g/mol. The minimum atomic E-state index is -4.60. The van der Waals surface area contributed by atoms with Gasteiger partial charge in [0.15, 0.2) is 0 Å². The highest BCUT2D eigenvalue weighted by Crippen LogP contribution is 2.34. The van der Waals surface area contributed by atoms with E-state index in [0.717, 1.165) is 11.1 Å². The number of rotatable bonds is 8. The first kappa shape index (κ1) is 21.5. The Hall–Kier alpha value is -2.79. The van der Waals surface area contributed by atoms with Crippen LogP contribution in [0.3, 0.4) is 0 Å². The van der Waals surface area contributed by atoms with Gasteiger partial charge >= 0.3 is 6.18 Å². The molecule has 2 atom stereocenters. The van der Waals surface area contributed by atoms with Gasteiger partial charge in [0, 0.05) is 5.56 Å². The molecule has 8 heteroatoms. The van der Waals surface area contributed by atoms with Crippen molar-refractivity contribution in [3.8, 4) is 17.2 Å². The lowest BCUT2D eigenvalue weighted by atomic mass is 9.98. The Morgan fingerprint density at radius 2 is 1.86 bits per heavy atom. The zero-order valence-electron chi connectivity index (χ0n) is 15.6. The van der Waals surface area contributed by atoms with Gasteiger partial charge in [-0.05, 0) is 29.5 Å². The molecule has 1 amide bonds. The van der Waals surface area contributed by atoms with Crippen LogP contribution in [-0.2, 0) is 4.79 Å². The maximum atomic E-state index is 13.7. The molecule has 0 aliphatic rings. The molecule has 150 valence electrons. The number of nitriles is 1. The number of nitrogens with zero attached hydrogens (tertiary/aromatic N) is 1. The minimum Gasteiger partial charge on any atom is -0.472 e. The Bertz CT molecular complexity index is 794. The minimum absolute atomic E-state index is 0.00147. The van der Waals surface area contributed by atoms with E-state index >= 15 is 0 Å². The van der Waals surface area contributed by atoms with E-state index in [0.29, 0.717) is 0 Å². The lowest BCUT2D eigenvalue weighted by Crippen LogP contribution is -2.49. The molecule has 0 bridgehead atoms. The van der Waals surface area contributed by atoms with Crippen LogP contribution in [0.2, 0.25) is 0 Å². The molecule has 1 aromatic carbocycles. The molecule has 28 heavy (non-hydrogen) atoms. The van der Waals surface area contributed by atoms with E-state index in [1.807, 2.05) is 13.8 Å². The summed E-state index contributed by atoms with van der Waals surface area (Å²) in [6.45, 7) is 3.37. The summed E-state index contributed by atoms with van der Waals surface area (Å²) in [6.07, 6.45) is -1.40. The molecule has 2 aromatic rings. The molecule has 0 unspecified atom stereocenters. The van der Waals surface area contributed by atoms with Gasteiger partial charge in [0.2, 0.25) is 5.91 Å². The number of hydrogen-bond donors (Lipinski definition) is 2. The quantitative estimate of drug-likeness (QED) is 0.659. The number of alkyl halides is 3. The fourth-order valence-corrected chi connectivity index (χ4v) is 2.85. The smallest absolute Gasteiger partial charge is 0.407 e. The van der Waals surface area contributed by atoms with Crippen LogP contribution < -0.4 is 10.6 Å². The molecule has 0 aliphatic heterocycles. The summed E-state index contributed by atoms with van der Waals surface area (Å²) >= 11 is 0. The molecule has 0 saturated carbocycles. The molecule has 1 aromatic heterocycles. The molecular formula is C20H22F3N3O2. The largest absolute Gasteiger partial charge is 0.472 e. The fraction of sp³-hybridized carbons (Fsp3) is 0.400. The zero-order valence-corrected chi connectivity index (χ0v) is 15.6. The van der Waals surface area contributed by atoms with E-state index < -0.39 is 24.2 Å². The lowest BCUT2D eigenvalue weighted by Gasteiger charge is -2.28. The summed E-state index contributed by atoms with van der Waals surface area (Å²) in [5, 5.41) is 13.4. The molecule has 0 radical (unpaired) electrons. The third-order valence-corrected chi connectivity index (χ3v) is 4.16. The first-order chi connectivity index (χ1) is 13.2. The van der Waals surface area contributed by atoms with Crippen molar-refractivity contribution in [2.75, 3.05) is 6.54 Å². The van der Waals surface area contributed by atoms with Crippen LogP contribution in [-0.4, -0.2) is 24.7 Å². The highest BCUT2D eigenvalue weighted by Gasteiger charge is 2.42. The second kappa shape index (κ2) is 9.42. The molecular weight excluding hydrogens is 371 g/mol. The van der Waals surface area contributed by atoms with Crippen molar-refractivity contribution >= 4 is 5.91 Å². The van der Waals surface area contributed by atoms with Gasteiger partial charge in [-0.25, -0.2) is 0 Å². The first-order valence-corrected chi connectivity index (χ1v) is 8.82. The van der Waals surface area contributed by atoms with Gasteiger partial charge in [0.25, 0.3) is 0 Å². The molecule has 0 fully saturated rings. The van der Waals surface area contributed by atoms with Gasteiger partial charge in [-0.3, -0.25) is 10.1 Å². The summed E-state index contributed by atoms with van der Waals surface area (Å²) in [4.78, 5) is 12.2. The van der Waals surface area contributed by atoms with Crippen LogP contribution in [0.4, 0.5) is 13.2 Å². The van der Waals surface area contributed by atoms with Gasteiger partial charge in [-0.15, -0.1) is 0 Å². The van der Waals surface area contributed by atoms with Crippen molar-refractivity contribution in [2.24, 2.45) is 5.92 Å². The Morgan fingerprint density at radius 3 is 2.36 bits per heavy atom. The zero-order chi connectivity index (χ0) is 20.7. The van der Waals surface area contributed by atoms with Crippen LogP contribution in [0.5, 0.6) is 0 Å². The number of halogens is 3. The van der Waals surface area contributed by atoms with Crippen LogP contribution in [0, 0.1) is 17.2 Å². The lowest BCUT2D eigenvalue weighted by molar-refractivity contribution is -0.161. The maximum Gasteiger partial charge on any atom is 0.407 e. The van der Waals surface area contributed by atoms with E-state index in [9.17, 15) is 18.0 Å². The standard InChI is InChI=1S/C20H22F3N3O2/c1-13(2)11-17(19(27)25-9-8-24)26-18(20(21,22)23)15-5-3-14(4-6-15)16-7-10-28-12-16/h3-7,10,12-13,17-18,26H,9,11H2,1-2H3,(H,25,27)/t17-,18-/m0/s1. The summed E-state index contributed by atoms with van der Waals surface area (Å²) in [5.74, 6) is -0.637. The predicted octanol–water partition coefficient (Wildman–Crippen LogP) is 4.19. The maximum absolute atomic E-state index is 13.7. The summed E-state index contributed by atoms with van der Waals surface area (Å²) in [7, 11) is 0. The second-order valence-corrected chi connectivity index (χ2v) is 6.83. The summed E-state index contributed by atoms with van der Waals surface area (Å²) in [6, 6.07) is 6.30. The molecule has 2 N–H and O–H groups in total. The Labute approximate surface area is 161 Å². The second-order valence-electron chi connectivity index (χ2n) is 6.83. The fourth-order valence-electron chi connectivity index (χ4n) is 2.85. The topological polar surface area (TPSA) is 78.1 Å². The van der Waals surface area contributed by atoms with Crippen molar-refractivity contribution in [2.45, 2.75) is 38.5 Å². The summed E-state index contributed by atoms with van der Waals surface area (Å²) < 4.78 is 46.2.